The summed E-state index contributed by atoms with van der Waals surface area (Å²) >= 11 is 0. The molecule has 7 nitrogen and oxygen atoms in total. The van der Waals surface area contributed by atoms with E-state index in [1.54, 1.807) is 25.3 Å². The normalized spacial score (nSPS) is 15.8. The molecule has 0 aromatic heterocycles. The predicted molar refractivity (Wildman–Crippen MR) is 107 cm³/mol. The molecule has 1 saturated heterocycles. The number of ether oxygens (including phenoxy) is 3. The van der Waals surface area contributed by atoms with Gasteiger partial charge in [0.15, 0.2) is 18.1 Å². The van der Waals surface area contributed by atoms with Crippen molar-refractivity contribution in [2.75, 3.05) is 26.9 Å². The summed E-state index contributed by atoms with van der Waals surface area (Å²) in [6.45, 7) is 2.38. The second kappa shape index (κ2) is 9.32. The summed E-state index contributed by atoms with van der Waals surface area (Å²) in [4.78, 5) is 25.9. The summed E-state index contributed by atoms with van der Waals surface area (Å²) in [5, 5.41) is 8.82. The Hall–Kier alpha value is -3.22. The number of likely N-dealkylation sites (tertiary alicyclic amines) is 1. The first kappa shape index (κ1) is 20.5. The summed E-state index contributed by atoms with van der Waals surface area (Å²) in [6, 6.07) is 12.6. The average molecular weight is 399 g/mol. The Balaban J connectivity index is 1.84. The lowest BCUT2D eigenvalue weighted by molar-refractivity contribution is -0.139. The smallest absolute Gasteiger partial charge is 0.341 e. The molecule has 1 aliphatic rings. The standard InChI is InChI=1S/C22H25NO6/c1-3-28-20-13-16(9-10-19(20)29-14-21(24)25)22(26)23-11-5-8-18(23)15-6-4-7-17(12-15)27-2/h4,6-7,9-10,12-13,18H,3,5,8,11,14H2,1-2H3,(H,24,25). The molecule has 154 valence electrons. The van der Waals surface area contributed by atoms with Gasteiger partial charge in [-0.1, -0.05) is 12.1 Å². The van der Waals surface area contributed by atoms with Crippen LogP contribution in [0.5, 0.6) is 17.2 Å². The highest BCUT2D eigenvalue weighted by Gasteiger charge is 2.31. The Morgan fingerprint density at radius 2 is 1.97 bits per heavy atom. The minimum absolute atomic E-state index is 0.0175. The monoisotopic (exact) mass is 399 g/mol. The largest absolute Gasteiger partial charge is 0.497 e. The van der Waals surface area contributed by atoms with E-state index in [-0.39, 0.29) is 11.9 Å². The number of methoxy groups -OCH3 is 1. The number of hydrogen-bond acceptors (Lipinski definition) is 5. The number of benzene rings is 2. The van der Waals surface area contributed by atoms with Crippen molar-refractivity contribution in [3.05, 3.63) is 53.6 Å². The molecule has 2 aromatic rings. The number of carbonyl (C=O) groups is 2. The molecule has 1 unspecified atom stereocenters. The van der Waals surface area contributed by atoms with Crippen LogP contribution >= 0.6 is 0 Å². The fourth-order valence-electron chi connectivity index (χ4n) is 3.54. The van der Waals surface area contributed by atoms with E-state index in [2.05, 4.69) is 0 Å². The van der Waals surface area contributed by atoms with Gasteiger partial charge in [-0.2, -0.15) is 0 Å². The van der Waals surface area contributed by atoms with E-state index >= 15 is 0 Å². The fourth-order valence-corrected chi connectivity index (χ4v) is 3.54. The average Bonchev–Trinajstić information content (AvgIpc) is 3.22. The van der Waals surface area contributed by atoms with Gasteiger partial charge in [0.1, 0.15) is 5.75 Å². The number of amides is 1. The van der Waals surface area contributed by atoms with Gasteiger partial charge in [0.25, 0.3) is 5.91 Å². The number of aliphatic carboxylic acids is 1. The van der Waals surface area contributed by atoms with Crippen LogP contribution in [0.2, 0.25) is 0 Å². The van der Waals surface area contributed by atoms with E-state index in [1.807, 2.05) is 36.1 Å². The molecule has 7 heteroatoms. The van der Waals surface area contributed by atoms with Gasteiger partial charge in [-0.05, 0) is 55.7 Å². The van der Waals surface area contributed by atoms with Crippen LogP contribution in [0.15, 0.2) is 42.5 Å². The molecule has 0 bridgehead atoms. The van der Waals surface area contributed by atoms with Gasteiger partial charge in [0.2, 0.25) is 0 Å². The minimum atomic E-state index is -1.08. The first-order valence-electron chi connectivity index (χ1n) is 9.59. The summed E-state index contributed by atoms with van der Waals surface area (Å²) in [5.41, 5.74) is 1.52. The van der Waals surface area contributed by atoms with Crippen LogP contribution in [0.25, 0.3) is 0 Å². The Morgan fingerprint density at radius 3 is 2.69 bits per heavy atom. The van der Waals surface area contributed by atoms with Crippen molar-refractivity contribution in [2.45, 2.75) is 25.8 Å². The van der Waals surface area contributed by atoms with E-state index in [4.69, 9.17) is 19.3 Å². The third-order valence-corrected chi connectivity index (χ3v) is 4.83. The molecule has 1 amide bonds. The van der Waals surface area contributed by atoms with Gasteiger partial charge in [0.05, 0.1) is 19.8 Å². The van der Waals surface area contributed by atoms with Gasteiger partial charge in [0, 0.05) is 12.1 Å². The molecule has 0 radical (unpaired) electrons. The van der Waals surface area contributed by atoms with Crippen molar-refractivity contribution < 1.29 is 28.9 Å². The Labute approximate surface area is 169 Å². The maximum atomic E-state index is 13.2. The highest BCUT2D eigenvalue weighted by atomic mass is 16.5. The summed E-state index contributed by atoms with van der Waals surface area (Å²) in [6.07, 6.45) is 1.81. The second-order valence-electron chi connectivity index (χ2n) is 6.71. The lowest BCUT2D eigenvalue weighted by Crippen LogP contribution is -2.30. The van der Waals surface area contributed by atoms with Crippen LogP contribution in [0.3, 0.4) is 0 Å². The number of hydrogen-bond donors (Lipinski definition) is 1. The zero-order valence-electron chi connectivity index (χ0n) is 16.6. The van der Waals surface area contributed by atoms with E-state index in [0.717, 1.165) is 24.2 Å². The van der Waals surface area contributed by atoms with Crippen molar-refractivity contribution in [3.8, 4) is 17.2 Å². The molecule has 1 fully saturated rings. The van der Waals surface area contributed by atoms with Crippen molar-refractivity contribution in [1.29, 1.82) is 0 Å². The fraction of sp³-hybridized carbons (Fsp3) is 0.364. The highest BCUT2D eigenvalue weighted by molar-refractivity contribution is 5.95. The minimum Gasteiger partial charge on any atom is -0.497 e. The Morgan fingerprint density at radius 1 is 1.14 bits per heavy atom. The first-order valence-corrected chi connectivity index (χ1v) is 9.59. The van der Waals surface area contributed by atoms with E-state index < -0.39 is 12.6 Å². The van der Waals surface area contributed by atoms with E-state index in [1.165, 1.54) is 0 Å². The maximum absolute atomic E-state index is 13.2. The van der Waals surface area contributed by atoms with E-state index in [9.17, 15) is 9.59 Å². The van der Waals surface area contributed by atoms with Crippen LogP contribution in [0.1, 0.15) is 41.7 Å². The van der Waals surface area contributed by atoms with Crippen LogP contribution in [0.4, 0.5) is 0 Å². The van der Waals surface area contributed by atoms with Gasteiger partial charge in [-0.25, -0.2) is 4.79 Å². The Kier molecular flexibility index (Phi) is 6.59. The van der Waals surface area contributed by atoms with Crippen molar-refractivity contribution >= 4 is 11.9 Å². The number of carboxylic acid groups (broad SMARTS) is 1. The maximum Gasteiger partial charge on any atom is 0.341 e. The summed E-state index contributed by atoms with van der Waals surface area (Å²) in [7, 11) is 1.62. The quantitative estimate of drug-likeness (QED) is 0.731. The highest BCUT2D eigenvalue weighted by Crippen LogP contribution is 2.36. The molecule has 1 aliphatic heterocycles. The molecule has 1 heterocycles. The van der Waals surface area contributed by atoms with Crippen LogP contribution in [-0.4, -0.2) is 48.8 Å². The lowest BCUT2D eigenvalue weighted by atomic mass is 10.0. The molecule has 2 aromatic carbocycles. The second-order valence-corrected chi connectivity index (χ2v) is 6.71. The molecule has 1 atom stereocenters. The number of carboxylic acids is 1. The summed E-state index contributed by atoms with van der Waals surface area (Å²) in [5.74, 6) is 0.250. The van der Waals surface area contributed by atoms with Gasteiger partial charge >= 0.3 is 5.97 Å². The number of nitrogens with zero attached hydrogens (tertiary/aromatic N) is 1. The molecule has 0 saturated carbocycles. The molecular weight excluding hydrogens is 374 g/mol. The summed E-state index contributed by atoms with van der Waals surface area (Å²) < 4.78 is 16.1. The van der Waals surface area contributed by atoms with Gasteiger partial charge < -0.3 is 24.2 Å². The van der Waals surface area contributed by atoms with Crippen LogP contribution < -0.4 is 14.2 Å². The van der Waals surface area contributed by atoms with E-state index in [0.29, 0.717) is 30.2 Å². The van der Waals surface area contributed by atoms with Gasteiger partial charge in [-0.15, -0.1) is 0 Å². The molecule has 1 N–H and O–H groups in total. The Bertz CT molecular complexity index is 881. The number of carbonyl (C=O) groups excluding carboxylic acids is 1. The lowest BCUT2D eigenvalue weighted by Gasteiger charge is -2.26. The molecule has 3 rings (SSSR count). The topological polar surface area (TPSA) is 85.3 Å². The van der Waals surface area contributed by atoms with Crippen molar-refractivity contribution in [1.82, 2.24) is 4.90 Å². The predicted octanol–water partition coefficient (Wildman–Crippen LogP) is 3.53. The van der Waals surface area contributed by atoms with Crippen LogP contribution in [0, 0.1) is 0 Å². The molecular formula is C22H25NO6. The number of rotatable bonds is 8. The molecule has 0 aliphatic carbocycles. The zero-order valence-corrected chi connectivity index (χ0v) is 16.6. The van der Waals surface area contributed by atoms with Gasteiger partial charge in [-0.3, -0.25) is 4.79 Å². The molecule has 0 spiro atoms. The van der Waals surface area contributed by atoms with Crippen molar-refractivity contribution in [3.63, 3.8) is 0 Å². The van der Waals surface area contributed by atoms with Crippen molar-refractivity contribution in [2.24, 2.45) is 0 Å². The zero-order chi connectivity index (χ0) is 20.8. The van der Waals surface area contributed by atoms with Crippen LogP contribution in [-0.2, 0) is 4.79 Å². The third kappa shape index (κ3) is 4.80. The SMILES string of the molecule is CCOc1cc(C(=O)N2CCCC2c2cccc(OC)c2)ccc1OCC(=O)O. The first-order chi connectivity index (χ1) is 14.0. The molecule has 29 heavy (non-hydrogen) atoms. The third-order valence-electron chi connectivity index (χ3n) is 4.83.